The Hall–Kier alpha value is -4.28. The molecule has 2 N–H and O–H groups in total. The van der Waals surface area contributed by atoms with Gasteiger partial charge in [-0.3, -0.25) is 9.59 Å². The Morgan fingerprint density at radius 1 is 1.25 bits per heavy atom. The Kier molecular flexibility index (Phi) is 5.91. The van der Waals surface area contributed by atoms with Crippen LogP contribution in [0.4, 0.5) is 15.3 Å². The molecule has 5 rings (SSSR count). The molecule has 2 heterocycles. The van der Waals surface area contributed by atoms with Gasteiger partial charge in [0.25, 0.3) is 5.91 Å². The monoisotopic (exact) mass is 490 g/mol. The largest absolute Gasteiger partial charge is 0.423 e. The fraction of sp³-hybridized carbons (Fsp3) is 0.360. The Morgan fingerprint density at radius 3 is 2.69 bits per heavy atom. The number of aromatic nitrogens is 2. The maximum absolute atomic E-state index is 13.5. The van der Waals surface area contributed by atoms with Gasteiger partial charge in [-0.25, -0.2) is 24.5 Å². The highest BCUT2D eigenvalue weighted by molar-refractivity contribution is 6.09. The number of anilines is 1. The zero-order chi connectivity index (χ0) is 25.4. The highest BCUT2D eigenvalue weighted by Crippen LogP contribution is 2.44. The van der Waals surface area contributed by atoms with Gasteiger partial charge in [0.2, 0.25) is 11.5 Å². The van der Waals surface area contributed by atoms with E-state index in [0.717, 1.165) is 17.7 Å². The summed E-state index contributed by atoms with van der Waals surface area (Å²) >= 11 is 0. The zero-order valence-corrected chi connectivity index (χ0v) is 19.9. The number of rotatable bonds is 7. The van der Waals surface area contributed by atoms with E-state index >= 15 is 0 Å². The maximum atomic E-state index is 13.5. The summed E-state index contributed by atoms with van der Waals surface area (Å²) in [7, 11) is 1.50. The van der Waals surface area contributed by atoms with Gasteiger partial charge in [-0.05, 0) is 55.5 Å². The van der Waals surface area contributed by atoms with Gasteiger partial charge in [0.15, 0.2) is 0 Å². The van der Waals surface area contributed by atoms with E-state index in [1.165, 1.54) is 13.1 Å². The number of amides is 5. The number of carbonyl (C=O) groups excluding carboxylic acids is 4. The number of carbonyl (C=O) groups is 4. The van der Waals surface area contributed by atoms with Crippen LogP contribution >= 0.6 is 0 Å². The van der Waals surface area contributed by atoms with Crippen molar-refractivity contribution in [3.05, 3.63) is 59.7 Å². The van der Waals surface area contributed by atoms with Crippen LogP contribution in [0.3, 0.4) is 0 Å². The van der Waals surface area contributed by atoms with Gasteiger partial charge in [-0.2, -0.15) is 0 Å². The molecule has 36 heavy (non-hydrogen) atoms. The highest BCUT2D eigenvalue weighted by Gasteiger charge is 2.56. The van der Waals surface area contributed by atoms with E-state index in [9.17, 15) is 19.2 Å². The fourth-order valence-electron chi connectivity index (χ4n) is 4.62. The summed E-state index contributed by atoms with van der Waals surface area (Å²) in [5.74, 6) is -0.152. The van der Waals surface area contributed by atoms with Gasteiger partial charge in [-0.1, -0.05) is 12.1 Å². The van der Waals surface area contributed by atoms with Gasteiger partial charge >= 0.3 is 12.1 Å². The maximum Gasteiger partial charge on any atom is 0.418 e. The SMILES string of the molecule is CNC(=O)Nc1ccc2c(c1)C=C[C@@]21OC(=O)N(CC(=O)N(Cc2ncccn2)[C@@H](C)C2CC2)C1=O. The van der Waals surface area contributed by atoms with Crippen LogP contribution in [0.1, 0.15) is 36.7 Å². The van der Waals surface area contributed by atoms with Crippen LogP contribution in [0.2, 0.25) is 0 Å². The highest BCUT2D eigenvalue weighted by atomic mass is 16.6. The molecule has 186 valence electrons. The first-order chi connectivity index (χ1) is 17.3. The number of fused-ring (bicyclic) bond motifs is 2. The van der Waals surface area contributed by atoms with Crippen molar-refractivity contribution in [2.24, 2.45) is 5.92 Å². The molecule has 1 aromatic carbocycles. The zero-order valence-electron chi connectivity index (χ0n) is 19.9. The van der Waals surface area contributed by atoms with E-state index in [1.54, 1.807) is 47.6 Å². The van der Waals surface area contributed by atoms with E-state index in [1.807, 2.05) is 6.92 Å². The summed E-state index contributed by atoms with van der Waals surface area (Å²) in [6, 6.07) is 6.17. The van der Waals surface area contributed by atoms with Crippen molar-refractivity contribution in [3.63, 3.8) is 0 Å². The number of urea groups is 1. The second-order valence-electron chi connectivity index (χ2n) is 9.10. The van der Waals surface area contributed by atoms with Crippen molar-refractivity contribution in [3.8, 4) is 0 Å². The van der Waals surface area contributed by atoms with E-state index in [2.05, 4.69) is 20.6 Å². The first-order valence-electron chi connectivity index (χ1n) is 11.7. The molecule has 0 unspecified atom stereocenters. The van der Waals surface area contributed by atoms with Crippen molar-refractivity contribution in [1.82, 2.24) is 25.1 Å². The first kappa shape index (κ1) is 23.5. The van der Waals surface area contributed by atoms with Crippen LogP contribution < -0.4 is 10.6 Å². The number of hydrogen-bond donors (Lipinski definition) is 2. The second kappa shape index (κ2) is 9.06. The molecule has 1 aliphatic heterocycles. The predicted octanol–water partition coefficient (Wildman–Crippen LogP) is 2.26. The smallest absolute Gasteiger partial charge is 0.418 e. The lowest BCUT2D eigenvalue weighted by Gasteiger charge is -2.30. The van der Waals surface area contributed by atoms with Crippen molar-refractivity contribution < 1.29 is 23.9 Å². The van der Waals surface area contributed by atoms with Crippen LogP contribution in [-0.2, 0) is 26.5 Å². The molecule has 1 aromatic heterocycles. The van der Waals surface area contributed by atoms with Crippen molar-refractivity contribution in [2.45, 2.75) is 38.0 Å². The molecule has 2 atom stereocenters. The molecule has 0 bridgehead atoms. The Balaban J connectivity index is 1.35. The molecule has 1 saturated carbocycles. The third kappa shape index (κ3) is 4.16. The Labute approximate surface area is 207 Å². The molecular weight excluding hydrogens is 464 g/mol. The summed E-state index contributed by atoms with van der Waals surface area (Å²) in [5.41, 5.74) is -0.0118. The molecule has 0 radical (unpaired) electrons. The number of benzene rings is 1. The van der Waals surface area contributed by atoms with Crippen molar-refractivity contribution in [2.75, 3.05) is 18.9 Å². The molecule has 2 aliphatic carbocycles. The number of nitrogens with one attached hydrogen (secondary N) is 2. The molecule has 2 aromatic rings. The van der Waals surface area contributed by atoms with Gasteiger partial charge in [0, 0.05) is 36.7 Å². The lowest BCUT2D eigenvalue weighted by atomic mass is 9.94. The molecule has 5 amide bonds. The minimum atomic E-state index is -1.63. The average Bonchev–Trinajstić information content (AvgIpc) is 3.63. The summed E-state index contributed by atoms with van der Waals surface area (Å²) < 4.78 is 5.58. The Bertz CT molecular complexity index is 1260. The third-order valence-electron chi connectivity index (χ3n) is 6.81. The van der Waals surface area contributed by atoms with Crippen LogP contribution in [0.15, 0.2) is 42.7 Å². The van der Waals surface area contributed by atoms with E-state index in [4.69, 9.17) is 4.74 Å². The molecule has 11 nitrogen and oxygen atoms in total. The minimum Gasteiger partial charge on any atom is -0.423 e. The molecule has 11 heteroatoms. The normalized spacial score (nSPS) is 20.8. The van der Waals surface area contributed by atoms with Gasteiger partial charge in [0.05, 0.1) is 6.54 Å². The van der Waals surface area contributed by atoms with Gasteiger partial charge in [0.1, 0.15) is 12.4 Å². The van der Waals surface area contributed by atoms with E-state index < -0.39 is 24.1 Å². The molecule has 1 saturated heterocycles. The number of ether oxygens (including phenoxy) is 1. The van der Waals surface area contributed by atoms with Gasteiger partial charge in [-0.15, -0.1) is 0 Å². The average molecular weight is 491 g/mol. The van der Waals surface area contributed by atoms with Crippen LogP contribution in [0.25, 0.3) is 6.08 Å². The fourth-order valence-corrected chi connectivity index (χ4v) is 4.62. The lowest BCUT2D eigenvalue weighted by Crippen LogP contribution is -2.47. The molecule has 1 spiro atoms. The summed E-state index contributed by atoms with van der Waals surface area (Å²) in [4.78, 5) is 62.3. The first-order valence-corrected chi connectivity index (χ1v) is 11.7. The number of nitrogens with zero attached hydrogens (tertiary/aromatic N) is 4. The van der Waals surface area contributed by atoms with Crippen molar-refractivity contribution >= 4 is 35.7 Å². The van der Waals surface area contributed by atoms with Gasteiger partial charge < -0.3 is 20.3 Å². The minimum absolute atomic E-state index is 0.0812. The lowest BCUT2D eigenvalue weighted by molar-refractivity contribution is -0.141. The van der Waals surface area contributed by atoms with Crippen LogP contribution in [0, 0.1) is 5.92 Å². The molecule has 2 fully saturated rings. The summed E-state index contributed by atoms with van der Waals surface area (Å²) in [5, 5.41) is 5.13. The second-order valence-corrected chi connectivity index (χ2v) is 9.10. The topological polar surface area (TPSA) is 134 Å². The van der Waals surface area contributed by atoms with Crippen LogP contribution in [-0.4, -0.2) is 63.3 Å². The molecule has 3 aliphatic rings. The summed E-state index contributed by atoms with van der Waals surface area (Å²) in [6.45, 7) is 1.71. The van der Waals surface area contributed by atoms with Crippen molar-refractivity contribution in [1.29, 1.82) is 0 Å². The van der Waals surface area contributed by atoms with E-state index in [0.29, 0.717) is 28.6 Å². The van der Waals surface area contributed by atoms with E-state index in [-0.39, 0.29) is 24.5 Å². The van der Waals surface area contributed by atoms with Crippen LogP contribution in [0.5, 0.6) is 0 Å². The number of imide groups is 1. The predicted molar refractivity (Wildman–Crippen MR) is 128 cm³/mol. The Morgan fingerprint density at radius 2 is 2.00 bits per heavy atom. The summed E-state index contributed by atoms with van der Waals surface area (Å²) in [6.07, 6.45) is 7.55. The number of hydrogen-bond acceptors (Lipinski definition) is 7. The molecular formula is C25H26N6O5. The quantitative estimate of drug-likeness (QED) is 0.608. The standard InChI is InChI=1S/C25H26N6O5/c1-15(16-4-5-16)30(13-20-27-10-3-11-28-20)21(32)14-31-22(33)25(36-24(31)35)9-8-17-12-18(6-7-19(17)25)29-23(34)26-2/h3,6-12,15-16H,4-5,13-14H2,1-2H3,(H2,26,29,34)/t15-,25+/m0/s1. The third-order valence-corrected chi connectivity index (χ3v) is 6.81.